The Kier molecular flexibility index (Phi) is 4.30. The smallest absolute Gasteiger partial charge is 0.125 e. The maximum absolute atomic E-state index is 4.47. The fourth-order valence-electron chi connectivity index (χ4n) is 1.78. The summed E-state index contributed by atoms with van der Waals surface area (Å²) in [7, 11) is 0. The molecule has 0 saturated carbocycles. The van der Waals surface area contributed by atoms with Gasteiger partial charge < -0.3 is 5.32 Å². The van der Waals surface area contributed by atoms with E-state index in [0.717, 1.165) is 30.0 Å². The molecule has 0 aromatic carbocycles. The van der Waals surface area contributed by atoms with E-state index in [4.69, 9.17) is 0 Å². The minimum atomic E-state index is 0.0212. The van der Waals surface area contributed by atoms with Crippen LogP contribution in [-0.2, 0) is 0 Å². The predicted octanol–water partition coefficient (Wildman–Crippen LogP) is 1.66. The van der Waals surface area contributed by atoms with E-state index in [2.05, 4.69) is 32.2 Å². The van der Waals surface area contributed by atoms with E-state index >= 15 is 0 Å². The van der Waals surface area contributed by atoms with E-state index in [1.54, 1.807) is 6.20 Å². The Balaban J connectivity index is 2.31. The first-order valence-electron chi connectivity index (χ1n) is 6.09. The van der Waals surface area contributed by atoms with Gasteiger partial charge in [-0.1, -0.05) is 6.92 Å². The average Bonchev–Trinajstić information content (AvgIpc) is 2.40. The van der Waals surface area contributed by atoms with Gasteiger partial charge in [-0.25, -0.2) is 19.9 Å². The van der Waals surface area contributed by atoms with Crippen LogP contribution in [0.15, 0.2) is 31.0 Å². The number of rotatable bonds is 5. The van der Waals surface area contributed by atoms with Crippen LogP contribution in [0, 0.1) is 6.92 Å². The van der Waals surface area contributed by atoms with Crippen LogP contribution in [0.3, 0.4) is 0 Å². The van der Waals surface area contributed by atoms with Gasteiger partial charge in [0.1, 0.15) is 12.2 Å². The van der Waals surface area contributed by atoms with Crippen LogP contribution in [0.1, 0.15) is 36.5 Å². The van der Waals surface area contributed by atoms with E-state index in [1.807, 2.05) is 25.4 Å². The Morgan fingerprint density at radius 1 is 1.28 bits per heavy atom. The van der Waals surface area contributed by atoms with Crippen LogP contribution < -0.4 is 5.32 Å². The van der Waals surface area contributed by atoms with Crippen LogP contribution in [0.25, 0.3) is 0 Å². The highest BCUT2D eigenvalue weighted by atomic mass is 15.0. The Morgan fingerprint density at radius 3 is 2.72 bits per heavy atom. The van der Waals surface area contributed by atoms with Crippen molar-refractivity contribution < 1.29 is 0 Å². The molecule has 18 heavy (non-hydrogen) atoms. The van der Waals surface area contributed by atoms with Crippen LogP contribution in [0.2, 0.25) is 0 Å². The molecule has 2 aromatic rings. The van der Waals surface area contributed by atoms with Crippen molar-refractivity contribution in [1.82, 2.24) is 25.3 Å². The van der Waals surface area contributed by atoms with Crippen LogP contribution in [0.4, 0.5) is 0 Å². The molecule has 94 valence electrons. The molecule has 0 saturated heterocycles. The second-order valence-electron chi connectivity index (χ2n) is 4.09. The molecule has 2 rings (SSSR count). The maximum atomic E-state index is 4.47. The van der Waals surface area contributed by atoms with Crippen LogP contribution >= 0.6 is 0 Å². The lowest BCUT2D eigenvalue weighted by molar-refractivity contribution is 0.580. The third kappa shape index (κ3) is 3.07. The molecule has 5 heteroatoms. The second kappa shape index (κ2) is 6.16. The molecule has 0 amide bonds. The van der Waals surface area contributed by atoms with Gasteiger partial charge in [-0.15, -0.1) is 0 Å². The molecule has 0 fully saturated rings. The summed E-state index contributed by atoms with van der Waals surface area (Å²) in [4.78, 5) is 16.7. The standard InChI is InChI=1S/C13H17N5/c1-3-5-17-13(11-7-14-9-15-8-11)12-4-6-16-10(2)18-12/h4,6-9,13,17H,3,5H2,1-2H3. The Bertz CT molecular complexity index is 486. The summed E-state index contributed by atoms with van der Waals surface area (Å²) >= 11 is 0. The molecule has 2 heterocycles. The first-order chi connectivity index (χ1) is 8.81. The minimum Gasteiger partial charge on any atom is -0.305 e. The third-order valence-corrected chi connectivity index (χ3v) is 2.61. The zero-order chi connectivity index (χ0) is 12.8. The van der Waals surface area contributed by atoms with Gasteiger partial charge in [0.15, 0.2) is 0 Å². The van der Waals surface area contributed by atoms with Crippen molar-refractivity contribution in [3.8, 4) is 0 Å². The summed E-state index contributed by atoms with van der Waals surface area (Å²) in [5.74, 6) is 0.771. The maximum Gasteiger partial charge on any atom is 0.125 e. The van der Waals surface area contributed by atoms with Gasteiger partial charge in [0, 0.05) is 24.2 Å². The third-order valence-electron chi connectivity index (χ3n) is 2.61. The molecular weight excluding hydrogens is 226 g/mol. The number of aromatic nitrogens is 4. The zero-order valence-corrected chi connectivity index (χ0v) is 10.7. The summed E-state index contributed by atoms with van der Waals surface area (Å²) < 4.78 is 0. The van der Waals surface area contributed by atoms with E-state index in [1.165, 1.54) is 6.33 Å². The summed E-state index contributed by atoms with van der Waals surface area (Å²) in [6.45, 7) is 4.95. The fraction of sp³-hybridized carbons (Fsp3) is 0.385. The van der Waals surface area contributed by atoms with Crippen molar-refractivity contribution in [2.45, 2.75) is 26.3 Å². The lowest BCUT2D eigenvalue weighted by Gasteiger charge is -2.17. The molecule has 2 aromatic heterocycles. The molecule has 0 spiro atoms. The van der Waals surface area contributed by atoms with Gasteiger partial charge in [-0.05, 0) is 26.0 Å². The summed E-state index contributed by atoms with van der Waals surface area (Å²) in [6, 6.07) is 1.95. The van der Waals surface area contributed by atoms with E-state index in [-0.39, 0.29) is 6.04 Å². The van der Waals surface area contributed by atoms with E-state index in [9.17, 15) is 0 Å². The molecule has 0 aliphatic heterocycles. The minimum absolute atomic E-state index is 0.0212. The van der Waals surface area contributed by atoms with Crippen molar-refractivity contribution in [3.05, 3.63) is 48.1 Å². The molecule has 5 nitrogen and oxygen atoms in total. The van der Waals surface area contributed by atoms with E-state index < -0.39 is 0 Å². The van der Waals surface area contributed by atoms with Gasteiger partial charge >= 0.3 is 0 Å². The van der Waals surface area contributed by atoms with Crippen LogP contribution in [0.5, 0.6) is 0 Å². The number of aryl methyl sites for hydroxylation is 1. The molecule has 1 atom stereocenters. The lowest BCUT2D eigenvalue weighted by atomic mass is 10.1. The SMILES string of the molecule is CCCNC(c1cncnc1)c1ccnc(C)n1. The summed E-state index contributed by atoms with van der Waals surface area (Å²) in [5.41, 5.74) is 1.97. The monoisotopic (exact) mass is 243 g/mol. The van der Waals surface area contributed by atoms with Crippen molar-refractivity contribution >= 4 is 0 Å². The normalized spacial score (nSPS) is 12.3. The summed E-state index contributed by atoms with van der Waals surface area (Å²) in [5, 5.41) is 3.46. The van der Waals surface area contributed by atoms with Gasteiger partial charge in [0.05, 0.1) is 11.7 Å². The van der Waals surface area contributed by atoms with Crippen molar-refractivity contribution in [2.24, 2.45) is 0 Å². The van der Waals surface area contributed by atoms with Crippen molar-refractivity contribution in [1.29, 1.82) is 0 Å². The second-order valence-corrected chi connectivity index (χ2v) is 4.09. The Labute approximate surface area is 107 Å². The zero-order valence-electron chi connectivity index (χ0n) is 10.7. The first-order valence-corrected chi connectivity index (χ1v) is 6.09. The topological polar surface area (TPSA) is 63.6 Å². The lowest BCUT2D eigenvalue weighted by Crippen LogP contribution is -2.24. The molecule has 1 N–H and O–H groups in total. The van der Waals surface area contributed by atoms with Gasteiger partial charge in [0.25, 0.3) is 0 Å². The van der Waals surface area contributed by atoms with Crippen molar-refractivity contribution in [3.63, 3.8) is 0 Å². The Morgan fingerprint density at radius 2 is 2.06 bits per heavy atom. The number of hydrogen-bond acceptors (Lipinski definition) is 5. The highest BCUT2D eigenvalue weighted by Crippen LogP contribution is 2.18. The molecule has 0 radical (unpaired) electrons. The molecule has 0 aliphatic carbocycles. The van der Waals surface area contributed by atoms with Gasteiger partial charge in [-0.2, -0.15) is 0 Å². The van der Waals surface area contributed by atoms with Crippen molar-refractivity contribution in [2.75, 3.05) is 6.54 Å². The number of hydrogen-bond donors (Lipinski definition) is 1. The van der Waals surface area contributed by atoms with Gasteiger partial charge in [-0.3, -0.25) is 0 Å². The number of nitrogens with one attached hydrogen (secondary N) is 1. The highest BCUT2D eigenvalue weighted by Gasteiger charge is 2.15. The molecule has 1 unspecified atom stereocenters. The fourth-order valence-corrected chi connectivity index (χ4v) is 1.78. The molecular formula is C13H17N5. The first kappa shape index (κ1) is 12.6. The van der Waals surface area contributed by atoms with E-state index in [0.29, 0.717) is 0 Å². The highest BCUT2D eigenvalue weighted by molar-refractivity contribution is 5.22. The number of nitrogens with zero attached hydrogens (tertiary/aromatic N) is 4. The summed E-state index contributed by atoms with van der Waals surface area (Å²) in [6.07, 6.45) is 8.01. The molecule has 0 bridgehead atoms. The quantitative estimate of drug-likeness (QED) is 0.865. The van der Waals surface area contributed by atoms with Gasteiger partial charge in [0.2, 0.25) is 0 Å². The molecule has 0 aliphatic rings. The predicted molar refractivity (Wildman–Crippen MR) is 68.9 cm³/mol. The van der Waals surface area contributed by atoms with Crippen LogP contribution in [-0.4, -0.2) is 26.5 Å². The Hall–Kier alpha value is -1.88. The average molecular weight is 243 g/mol. The largest absolute Gasteiger partial charge is 0.305 e.